The predicted octanol–water partition coefficient (Wildman–Crippen LogP) is 2.95. The zero-order valence-corrected chi connectivity index (χ0v) is 19.1. The summed E-state index contributed by atoms with van der Waals surface area (Å²) in [5.74, 6) is 0.505. The van der Waals surface area contributed by atoms with Crippen LogP contribution in [-0.2, 0) is 18.3 Å². The molecule has 0 N–H and O–H groups in total. The molecule has 2 aliphatic heterocycles. The van der Waals surface area contributed by atoms with Crippen molar-refractivity contribution in [2.45, 2.75) is 38.1 Å². The minimum Gasteiger partial charge on any atom is -0.306 e. The van der Waals surface area contributed by atoms with Gasteiger partial charge in [-0.2, -0.15) is 0 Å². The van der Waals surface area contributed by atoms with Crippen LogP contribution in [0.3, 0.4) is 0 Å². The molecule has 2 saturated heterocycles. The number of aromatic nitrogens is 4. The van der Waals surface area contributed by atoms with E-state index in [0.717, 1.165) is 53.7 Å². The lowest BCUT2D eigenvalue weighted by Gasteiger charge is -2.40. The second-order valence-electron chi connectivity index (χ2n) is 9.50. The molecule has 2 aliphatic rings. The third kappa shape index (κ3) is 4.59. The Morgan fingerprint density at radius 2 is 1.78 bits per heavy atom. The molecular formula is C25H32N6O. The number of rotatable bonds is 5. The topological polar surface area (TPSA) is 67.2 Å². The van der Waals surface area contributed by atoms with E-state index in [4.69, 9.17) is 0 Å². The SMILES string of the molecule is CN1CCC(N2CCC(C(=O)Cc3cc4cc(-c5cn(C)nn5)ccc4cn3)CC2)CC1. The van der Waals surface area contributed by atoms with Crippen molar-refractivity contribution < 1.29 is 4.79 Å². The summed E-state index contributed by atoms with van der Waals surface area (Å²) in [4.78, 5) is 22.7. The van der Waals surface area contributed by atoms with Crippen LogP contribution in [0.4, 0.5) is 0 Å². The van der Waals surface area contributed by atoms with E-state index in [0.29, 0.717) is 18.2 Å². The maximum Gasteiger partial charge on any atom is 0.142 e. The third-order valence-electron chi connectivity index (χ3n) is 7.22. The molecule has 3 aromatic rings. The fourth-order valence-electron chi connectivity index (χ4n) is 5.19. The molecule has 7 heteroatoms. The summed E-state index contributed by atoms with van der Waals surface area (Å²) in [5, 5.41) is 10.4. The molecule has 0 unspecified atom stereocenters. The van der Waals surface area contributed by atoms with E-state index < -0.39 is 0 Å². The number of hydrogen-bond acceptors (Lipinski definition) is 6. The molecule has 0 saturated carbocycles. The van der Waals surface area contributed by atoms with Crippen LogP contribution in [-0.4, -0.2) is 74.8 Å². The van der Waals surface area contributed by atoms with Gasteiger partial charge in [-0.15, -0.1) is 5.10 Å². The van der Waals surface area contributed by atoms with Crippen LogP contribution in [0.25, 0.3) is 22.0 Å². The molecule has 0 atom stereocenters. The van der Waals surface area contributed by atoms with Crippen molar-refractivity contribution in [3.63, 3.8) is 0 Å². The number of Topliss-reactive ketones (excluding diaryl/α,β-unsaturated/α-hetero) is 1. The first-order valence-electron chi connectivity index (χ1n) is 11.8. The van der Waals surface area contributed by atoms with Crippen LogP contribution in [0.5, 0.6) is 0 Å². The molecule has 2 aromatic heterocycles. The van der Waals surface area contributed by atoms with Crippen LogP contribution < -0.4 is 0 Å². The number of carbonyl (C=O) groups excluding carboxylic acids is 1. The lowest BCUT2D eigenvalue weighted by molar-refractivity contribution is -0.124. The van der Waals surface area contributed by atoms with Gasteiger partial charge in [0.15, 0.2) is 0 Å². The van der Waals surface area contributed by atoms with Gasteiger partial charge in [0.05, 0.1) is 6.20 Å². The fourth-order valence-corrected chi connectivity index (χ4v) is 5.19. The summed E-state index contributed by atoms with van der Waals surface area (Å²) in [7, 11) is 4.07. The number of aryl methyl sites for hydroxylation is 1. The maximum atomic E-state index is 13.0. The Labute approximate surface area is 189 Å². The van der Waals surface area contributed by atoms with Crippen molar-refractivity contribution in [3.05, 3.63) is 42.4 Å². The first kappa shape index (κ1) is 21.2. The molecule has 5 rings (SSSR count). The van der Waals surface area contributed by atoms with Gasteiger partial charge in [0.25, 0.3) is 0 Å². The van der Waals surface area contributed by atoms with Gasteiger partial charge < -0.3 is 9.80 Å². The van der Waals surface area contributed by atoms with Crippen LogP contribution in [0.1, 0.15) is 31.4 Å². The van der Waals surface area contributed by atoms with Crippen LogP contribution in [0.15, 0.2) is 36.7 Å². The summed E-state index contributed by atoms with van der Waals surface area (Å²) in [6, 6.07) is 8.96. The number of pyridine rings is 1. The minimum absolute atomic E-state index is 0.168. The van der Waals surface area contributed by atoms with Crippen molar-refractivity contribution in [2.24, 2.45) is 13.0 Å². The average molecular weight is 433 g/mol. The monoisotopic (exact) mass is 432 g/mol. The second kappa shape index (κ2) is 9.08. The molecule has 32 heavy (non-hydrogen) atoms. The third-order valence-corrected chi connectivity index (χ3v) is 7.22. The van der Waals surface area contributed by atoms with Crippen molar-refractivity contribution >= 4 is 16.6 Å². The number of piperidine rings is 2. The van der Waals surface area contributed by atoms with Crippen molar-refractivity contribution in [3.8, 4) is 11.3 Å². The second-order valence-corrected chi connectivity index (χ2v) is 9.50. The highest BCUT2D eigenvalue weighted by Crippen LogP contribution is 2.26. The zero-order valence-electron chi connectivity index (χ0n) is 19.1. The molecule has 0 aliphatic carbocycles. The Morgan fingerprint density at radius 3 is 2.50 bits per heavy atom. The lowest BCUT2D eigenvalue weighted by Crippen LogP contribution is -2.47. The number of carbonyl (C=O) groups is 1. The van der Waals surface area contributed by atoms with Crippen molar-refractivity contribution in [1.82, 2.24) is 29.8 Å². The highest BCUT2D eigenvalue weighted by atomic mass is 16.1. The van der Waals surface area contributed by atoms with E-state index in [9.17, 15) is 4.79 Å². The molecule has 2 fully saturated rings. The average Bonchev–Trinajstić information content (AvgIpc) is 3.25. The zero-order chi connectivity index (χ0) is 22.1. The lowest BCUT2D eigenvalue weighted by atomic mass is 9.88. The van der Waals surface area contributed by atoms with Gasteiger partial charge in [0.1, 0.15) is 11.5 Å². The van der Waals surface area contributed by atoms with E-state index in [1.54, 1.807) is 4.68 Å². The van der Waals surface area contributed by atoms with E-state index >= 15 is 0 Å². The molecule has 0 amide bonds. The number of likely N-dealkylation sites (tertiary alicyclic amines) is 2. The van der Waals surface area contributed by atoms with Crippen molar-refractivity contribution in [2.75, 3.05) is 33.2 Å². The Kier molecular flexibility index (Phi) is 6.02. The van der Waals surface area contributed by atoms with Gasteiger partial charge in [-0.3, -0.25) is 14.5 Å². The van der Waals surface area contributed by atoms with E-state index in [2.05, 4.69) is 50.3 Å². The molecular weight excluding hydrogens is 400 g/mol. The molecule has 1 aromatic carbocycles. The highest BCUT2D eigenvalue weighted by Gasteiger charge is 2.30. The first-order valence-corrected chi connectivity index (χ1v) is 11.8. The summed E-state index contributed by atoms with van der Waals surface area (Å²) in [6.45, 7) is 4.49. The fraction of sp³-hybridized carbons (Fsp3) is 0.520. The predicted molar refractivity (Wildman–Crippen MR) is 125 cm³/mol. The standard InChI is InChI=1S/C25H32N6O/c1-29-9-7-23(8-10-29)31-11-5-18(6-12-31)25(32)15-22-14-21-13-19(3-4-20(21)16-26-22)24-17-30(2)28-27-24/h3-4,13-14,16-18,23H,5-12,15H2,1-2H3. The molecule has 0 radical (unpaired) electrons. The summed E-state index contributed by atoms with van der Waals surface area (Å²) in [6.07, 6.45) is 8.68. The van der Waals surface area contributed by atoms with Gasteiger partial charge in [-0.25, -0.2) is 0 Å². The van der Waals surface area contributed by atoms with Gasteiger partial charge in [-0.05, 0) is 76.4 Å². The van der Waals surface area contributed by atoms with Crippen LogP contribution >= 0.6 is 0 Å². The number of hydrogen-bond donors (Lipinski definition) is 0. The molecule has 4 heterocycles. The Bertz CT molecular complexity index is 1090. The maximum absolute atomic E-state index is 13.0. The van der Waals surface area contributed by atoms with Gasteiger partial charge in [0, 0.05) is 48.3 Å². The summed E-state index contributed by atoms with van der Waals surface area (Å²) >= 11 is 0. The van der Waals surface area contributed by atoms with Crippen molar-refractivity contribution in [1.29, 1.82) is 0 Å². The molecule has 0 spiro atoms. The normalized spacial score (nSPS) is 19.6. The Morgan fingerprint density at radius 1 is 1.00 bits per heavy atom. The van der Waals surface area contributed by atoms with E-state index in [1.807, 2.05) is 25.5 Å². The van der Waals surface area contributed by atoms with Gasteiger partial charge in [0.2, 0.25) is 0 Å². The molecule has 168 valence electrons. The molecule has 0 bridgehead atoms. The Hall–Kier alpha value is -2.64. The smallest absolute Gasteiger partial charge is 0.142 e. The van der Waals surface area contributed by atoms with Crippen LogP contribution in [0, 0.1) is 5.92 Å². The number of benzene rings is 1. The number of nitrogens with zero attached hydrogens (tertiary/aromatic N) is 6. The Balaban J connectivity index is 1.22. The quantitative estimate of drug-likeness (QED) is 0.618. The van der Waals surface area contributed by atoms with E-state index in [-0.39, 0.29) is 5.92 Å². The molecule has 7 nitrogen and oxygen atoms in total. The summed E-state index contributed by atoms with van der Waals surface area (Å²) < 4.78 is 1.70. The first-order chi connectivity index (χ1) is 15.5. The number of ketones is 1. The summed E-state index contributed by atoms with van der Waals surface area (Å²) in [5.41, 5.74) is 2.73. The number of fused-ring (bicyclic) bond motifs is 1. The van der Waals surface area contributed by atoms with Gasteiger partial charge in [-0.1, -0.05) is 17.3 Å². The highest BCUT2D eigenvalue weighted by molar-refractivity contribution is 5.88. The minimum atomic E-state index is 0.168. The van der Waals surface area contributed by atoms with Gasteiger partial charge >= 0.3 is 0 Å². The van der Waals surface area contributed by atoms with E-state index in [1.165, 1.54) is 25.9 Å². The largest absolute Gasteiger partial charge is 0.306 e. The van der Waals surface area contributed by atoms with Crippen LogP contribution in [0.2, 0.25) is 0 Å².